The van der Waals surface area contributed by atoms with E-state index < -0.39 is 5.97 Å². The molecule has 0 aromatic heterocycles. The Bertz CT molecular complexity index is 815. The molecule has 4 rings (SSSR count). The van der Waals surface area contributed by atoms with Gasteiger partial charge in [-0.3, -0.25) is 0 Å². The maximum atomic E-state index is 11.3. The monoisotopic (exact) mass is 325 g/mol. The van der Waals surface area contributed by atoms with Gasteiger partial charge in [0.25, 0.3) is 0 Å². The molecule has 3 nitrogen and oxygen atoms in total. The van der Waals surface area contributed by atoms with E-state index in [0.717, 1.165) is 28.3 Å². The van der Waals surface area contributed by atoms with Gasteiger partial charge in [-0.05, 0) is 47.7 Å². The molecule has 2 aliphatic rings. The van der Waals surface area contributed by atoms with Crippen molar-refractivity contribution in [3.63, 3.8) is 0 Å². The van der Waals surface area contributed by atoms with E-state index in [2.05, 4.69) is 23.5 Å². The number of hydrogen-bond acceptors (Lipinski definition) is 2. The van der Waals surface area contributed by atoms with Gasteiger partial charge in [0.05, 0.1) is 11.6 Å². The molecule has 0 fully saturated rings. The van der Waals surface area contributed by atoms with Crippen molar-refractivity contribution in [3.8, 4) is 0 Å². The molecule has 3 atom stereocenters. The number of carbonyl (C=O) groups is 1. The molecular weight excluding hydrogens is 310 g/mol. The predicted molar refractivity (Wildman–Crippen MR) is 91.2 cm³/mol. The van der Waals surface area contributed by atoms with Gasteiger partial charge >= 0.3 is 5.97 Å². The van der Waals surface area contributed by atoms with Crippen molar-refractivity contribution in [2.45, 2.75) is 18.4 Å². The Labute approximate surface area is 139 Å². The number of benzene rings is 2. The highest BCUT2D eigenvalue weighted by Crippen LogP contribution is 2.50. The van der Waals surface area contributed by atoms with Crippen LogP contribution in [0.4, 0.5) is 5.69 Å². The van der Waals surface area contributed by atoms with Crippen LogP contribution in [0, 0.1) is 5.92 Å². The molecule has 116 valence electrons. The van der Waals surface area contributed by atoms with Crippen LogP contribution < -0.4 is 5.32 Å². The molecule has 0 radical (unpaired) electrons. The molecule has 23 heavy (non-hydrogen) atoms. The zero-order valence-corrected chi connectivity index (χ0v) is 13.1. The fourth-order valence-corrected chi connectivity index (χ4v) is 4.02. The average molecular weight is 326 g/mol. The third-order valence-corrected chi connectivity index (χ3v) is 5.19. The van der Waals surface area contributed by atoms with Crippen LogP contribution in [-0.4, -0.2) is 11.1 Å². The second-order valence-corrected chi connectivity index (χ2v) is 6.51. The summed E-state index contributed by atoms with van der Waals surface area (Å²) in [6.45, 7) is 0. The number of halogens is 1. The average Bonchev–Trinajstić information content (AvgIpc) is 3.04. The zero-order chi connectivity index (χ0) is 16.0. The first-order valence-corrected chi connectivity index (χ1v) is 8.08. The van der Waals surface area contributed by atoms with E-state index >= 15 is 0 Å². The number of allylic oxidation sites excluding steroid dienone is 2. The lowest BCUT2D eigenvalue weighted by atomic mass is 9.76. The van der Waals surface area contributed by atoms with Crippen molar-refractivity contribution in [3.05, 3.63) is 76.3 Å². The fourth-order valence-electron chi connectivity index (χ4n) is 3.76. The summed E-state index contributed by atoms with van der Waals surface area (Å²) >= 11 is 6.40. The van der Waals surface area contributed by atoms with Crippen molar-refractivity contribution in [1.82, 2.24) is 0 Å². The van der Waals surface area contributed by atoms with Gasteiger partial charge in [0.2, 0.25) is 0 Å². The third-order valence-electron chi connectivity index (χ3n) is 4.85. The van der Waals surface area contributed by atoms with Crippen molar-refractivity contribution < 1.29 is 9.90 Å². The summed E-state index contributed by atoms with van der Waals surface area (Å²) in [5.41, 5.74) is 3.49. The van der Waals surface area contributed by atoms with E-state index in [-0.39, 0.29) is 12.0 Å². The molecular formula is C19H16ClNO2. The maximum Gasteiger partial charge on any atom is 0.335 e. The van der Waals surface area contributed by atoms with E-state index in [1.165, 1.54) is 0 Å². The molecule has 0 saturated heterocycles. The molecule has 1 aliphatic heterocycles. The van der Waals surface area contributed by atoms with E-state index in [1.54, 1.807) is 12.1 Å². The molecule has 1 aliphatic carbocycles. The fraction of sp³-hybridized carbons (Fsp3) is 0.211. The van der Waals surface area contributed by atoms with Gasteiger partial charge in [0, 0.05) is 16.6 Å². The first kappa shape index (κ1) is 14.3. The maximum absolute atomic E-state index is 11.3. The minimum atomic E-state index is -0.889. The summed E-state index contributed by atoms with van der Waals surface area (Å²) in [6.07, 6.45) is 5.34. The van der Waals surface area contributed by atoms with Crippen molar-refractivity contribution in [2.75, 3.05) is 5.32 Å². The number of nitrogens with one attached hydrogen (secondary N) is 1. The van der Waals surface area contributed by atoms with Crippen LogP contribution in [0.25, 0.3) is 0 Å². The number of anilines is 1. The third kappa shape index (κ3) is 2.32. The van der Waals surface area contributed by atoms with Crippen LogP contribution in [0.5, 0.6) is 0 Å². The van der Waals surface area contributed by atoms with Crippen LogP contribution in [0.1, 0.15) is 39.9 Å². The number of hydrogen-bond donors (Lipinski definition) is 2. The van der Waals surface area contributed by atoms with Gasteiger partial charge < -0.3 is 10.4 Å². The molecule has 2 aromatic rings. The van der Waals surface area contributed by atoms with Crippen LogP contribution in [-0.2, 0) is 0 Å². The van der Waals surface area contributed by atoms with Gasteiger partial charge in [0.1, 0.15) is 0 Å². The van der Waals surface area contributed by atoms with Gasteiger partial charge in [-0.25, -0.2) is 4.79 Å². The Kier molecular flexibility index (Phi) is 3.38. The molecule has 1 heterocycles. The molecule has 0 bridgehead atoms. The summed E-state index contributed by atoms with van der Waals surface area (Å²) < 4.78 is 0. The summed E-state index contributed by atoms with van der Waals surface area (Å²) in [5.74, 6) is -0.308. The quantitative estimate of drug-likeness (QED) is 0.775. The standard InChI is InChI=1S/C19H16ClNO2/c20-16-7-2-1-4-14(16)18-13-6-3-5-12(13)15-10-11(19(22)23)8-9-17(15)21-18/h1-5,7-10,12-13,18,21H,6H2,(H,22,23)/t12-,13+,18+/m1/s1. The minimum absolute atomic E-state index is 0.131. The lowest BCUT2D eigenvalue weighted by molar-refractivity contribution is 0.0696. The van der Waals surface area contributed by atoms with Crippen LogP contribution in [0.2, 0.25) is 5.02 Å². The Morgan fingerprint density at radius 1 is 1.17 bits per heavy atom. The van der Waals surface area contributed by atoms with Gasteiger partial charge in [-0.2, -0.15) is 0 Å². The Morgan fingerprint density at radius 2 is 2.00 bits per heavy atom. The number of carboxylic acids is 1. The smallest absolute Gasteiger partial charge is 0.335 e. The lowest BCUT2D eigenvalue weighted by Gasteiger charge is -2.38. The minimum Gasteiger partial charge on any atom is -0.478 e. The topological polar surface area (TPSA) is 49.3 Å². The summed E-state index contributed by atoms with van der Waals surface area (Å²) in [4.78, 5) is 11.3. The second-order valence-electron chi connectivity index (χ2n) is 6.10. The predicted octanol–water partition coefficient (Wildman–Crippen LogP) is 4.86. The van der Waals surface area contributed by atoms with Crippen LogP contribution >= 0.6 is 11.6 Å². The molecule has 0 spiro atoms. The number of carboxylic acid groups (broad SMARTS) is 1. The van der Waals surface area contributed by atoms with E-state index in [4.69, 9.17) is 11.6 Å². The number of aromatic carboxylic acids is 1. The van der Waals surface area contributed by atoms with E-state index in [1.807, 2.05) is 24.3 Å². The highest BCUT2D eigenvalue weighted by molar-refractivity contribution is 6.31. The zero-order valence-electron chi connectivity index (χ0n) is 12.4. The Balaban J connectivity index is 1.81. The summed E-state index contributed by atoms with van der Waals surface area (Å²) in [5, 5.41) is 13.6. The van der Waals surface area contributed by atoms with Gasteiger partial charge in [-0.15, -0.1) is 0 Å². The van der Waals surface area contributed by atoms with Gasteiger partial charge in [-0.1, -0.05) is 42.0 Å². The highest BCUT2D eigenvalue weighted by atomic mass is 35.5. The first-order chi connectivity index (χ1) is 11.1. The first-order valence-electron chi connectivity index (χ1n) is 7.70. The van der Waals surface area contributed by atoms with Crippen molar-refractivity contribution in [1.29, 1.82) is 0 Å². The molecule has 0 unspecified atom stereocenters. The number of rotatable bonds is 2. The van der Waals surface area contributed by atoms with E-state index in [0.29, 0.717) is 11.5 Å². The molecule has 2 N–H and O–H groups in total. The SMILES string of the molecule is O=C(O)c1ccc2c(c1)[C@@H]1C=CC[C@@H]1[C@@H](c1ccccc1Cl)N2. The van der Waals surface area contributed by atoms with Crippen LogP contribution in [0.15, 0.2) is 54.6 Å². The summed E-state index contributed by atoms with van der Waals surface area (Å²) in [6, 6.07) is 13.4. The molecule has 2 aromatic carbocycles. The van der Waals surface area contributed by atoms with Crippen LogP contribution in [0.3, 0.4) is 0 Å². The normalized spacial score (nSPS) is 24.7. The van der Waals surface area contributed by atoms with Gasteiger partial charge in [0.15, 0.2) is 0 Å². The number of fused-ring (bicyclic) bond motifs is 3. The molecule has 0 saturated carbocycles. The summed E-state index contributed by atoms with van der Waals surface area (Å²) in [7, 11) is 0. The second kappa shape index (κ2) is 5.43. The lowest BCUT2D eigenvalue weighted by Crippen LogP contribution is -2.29. The molecule has 4 heteroatoms. The van der Waals surface area contributed by atoms with Crippen molar-refractivity contribution in [2.24, 2.45) is 5.92 Å². The highest BCUT2D eigenvalue weighted by Gasteiger charge is 2.38. The Hall–Kier alpha value is -2.26. The van der Waals surface area contributed by atoms with Crippen molar-refractivity contribution >= 4 is 23.3 Å². The molecule has 0 amide bonds. The largest absolute Gasteiger partial charge is 0.478 e. The van der Waals surface area contributed by atoms with E-state index in [9.17, 15) is 9.90 Å². The Morgan fingerprint density at radius 3 is 2.78 bits per heavy atom.